The van der Waals surface area contributed by atoms with Crippen LogP contribution in [0.5, 0.6) is 0 Å². The van der Waals surface area contributed by atoms with Gasteiger partial charge in [-0.05, 0) is 6.92 Å². The molecule has 0 saturated carbocycles. The van der Waals surface area contributed by atoms with E-state index in [2.05, 4.69) is 15.6 Å². The smallest absolute Gasteiger partial charge is 0.170 e. The van der Waals surface area contributed by atoms with Gasteiger partial charge in [0.1, 0.15) is 5.78 Å². The third kappa shape index (κ3) is 3.81. The average Bonchev–Trinajstić information content (AvgIpc) is 2.38. The number of nitrogen functional groups attached to an aromatic ring is 1. The molecule has 0 unspecified atom stereocenters. The first-order valence-electron chi connectivity index (χ1n) is 5.35. The summed E-state index contributed by atoms with van der Waals surface area (Å²) >= 11 is 0. The van der Waals surface area contributed by atoms with Crippen LogP contribution in [-0.2, 0) is 4.79 Å². The molecule has 1 aromatic heterocycles. The molecule has 1 heterocycles. The van der Waals surface area contributed by atoms with Crippen LogP contribution in [0.4, 0.5) is 5.82 Å². The Labute approximate surface area is 100 Å². The standard InChI is InChI=1S/C8H8N4.C4H8O/c9-11-8-7-4-2-1-3-6(7)5-10-12-8;1-3-4(2)5/h1-5H,9H2,(H,11,12);3H2,1-2H3. The van der Waals surface area contributed by atoms with Gasteiger partial charge >= 0.3 is 0 Å². The number of hydrogen-bond acceptors (Lipinski definition) is 5. The lowest BCUT2D eigenvalue weighted by Crippen LogP contribution is -2.09. The SMILES string of the molecule is CCC(C)=O.NNc1nncc2ccccc12. The van der Waals surface area contributed by atoms with Gasteiger partial charge in [-0.25, -0.2) is 5.84 Å². The number of Topliss-reactive ketones (excluding diaryl/α,β-unsaturated/α-hetero) is 1. The molecular weight excluding hydrogens is 216 g/mol. The highest BCUT2D eigenvalue weighted by Crippen LogP contribution is 2.17. The first kappa shape index (κ1) is 13.1. The Bertz CT molecular complexity index is 493. The molecule has 5 nitrogen and oxygen atoms in total. The van der Waals surface area contributed by atoms with Crippen molar-refractivity contribution in [3.05, 3.63) is 30.5 Å². The zero-order valence-electron chi connectivity index (χ0n) is 9.97. The number of nitrogens with zero attached hydrogens (tertiary/aromatic N) is 2. The molecule has 0 spiro atoms. The van der Waals surface area contributed by atoms with Crippen molar-refractivity contribution < 1.29 is 4.79 Å². The maximum atomic E-state index is 9.81. The molecule has 90 valence electrons. The summed E-state index contributed by atoms with van der Waals surface area (Å²) in [5.41, 5.74) is 2.50. The first-order valence-corrected chi connectivity index (χ1v) is 5.35. The number of ketones is 1. The van der Waals surface area contributed by atoms with E-state index < -0.39 is 0 Å². The number of aromatic nitrogens is 2. The third-order valence-electron chi connectivity index (χ3n) is 2.21. The van der Waals surface area contributed by atoms with Crippen molar-refractivity contribution in [2.24, 2.45) is 5.84 Å². The molecule has 0 aliphatic carbocycles. The Kier molecular flexibility index (Phi) is 5.03. The fourth-order valence-corrected chi connectivity index (χ4v) is 1.13. The van der Waals surface area contributed by atoms with Crippen molar-refractivity contribution in [3.8, 4) is 0 Å². The van der Waals surface area contributed by atoms with Gasteiger partial charge in [0.25, 0.3) is 0 Å². The van der Waals surface area contributed by atoms with Crippen LogP contribution in [0.25, 0.3) is 10.8 Å². The fraction of sp³-hybridized carbons (Fsp3) is 0.250. The van der Waals surface area contributed by atoms with Crippen LogP contribution in [0.15, 0.2) is 30.5 Å². The maximum absolute atomic E-state index is 9.81. The van der Waals surface area contributed by atoms with Crippen LogP contribution in [0.2, 0.25) is 0 Å². The summed E-state index contributed by atoms with van der Waals surface area (Å²) in [6.07, 6.45) is 2.37. The second-order valence-electron chi connectivity index (χ2n) is 3.48. The lowest BCUT2D eigenvalue weighted by atomic mass is 10.2. The molecular formula is C12H16N4O. The number of benzene rings is 1. The van der Waals surface area contributed by atoms with E-state index >= 15 is 0 Å². The topological polar surface area (TPSA) is 80.9 Å². The number of carbonyl (C=O) groups is 1. The number of carbonyl (C=O) groups excluding carboxylic acids is 1. The fourth-order valence-electron chi connectivity index (χ4n) is 1.13. The normalized spacial score (nSPS) is 9.35. The maximum Gasteiger partial charge on any atom is 0.170 e. The molecule has 3 N–H and O–H groups in total. The van der Waals surface area contributed by atoms with E-state index in [4.69, 9.17) is 5.84 Å². The van der Waals surface area contributed by atoms with Gasteiger partial charge < -0.3 is 10.2 Å². The molecule has 1 aromatic carbocycles. The molecule has 2 rings (SSSR count). The Morgan fingerprint density at radius 2 is 2.06 bits per heavy atom. The lowest BCUT2D eigenvalue weighted by molar-refractivity contribution is -0.116. The molecule has 2 aromatic rings. The Morgan fingerprint density at radius 3 is 2.65 bits per heavy atom. The van der Waals surface area contributed by atoms with Crippen LogP contribution < -0.4 is 11.3 Å². The van der Waals surface area contributed by atoms with E-state index in [1.54, 1.807) is 13.1 Å². The van der Waals surface area contributed by atoms with Gasteiger partial charge in [-0.3, -0.25) is 0 Å². The molecule has 0 aliphatic rings. The zero-order chi connectivity index (χ0) is 12.7. The summed E-state index contributed by atoms with van der Waals surface area (Å²) in [5.74, 6) is 6.12. The Hall–Kier alpha value is -2.01. The second kappa shape index (κ2) is 6.55. The second-order valence-corrected chi connectivity index (χ2v) is 3.48. The molecule has 0 bridgehead atoms. The highest BCUT2D eigenvalue weighted by atomic mass is 16.1. The van der Waals surface area contributed by atoms with Gasteiger partial charge in [0.05, 0.1) is 6.20 Å². The molecule has 0 atom stereocenters. The highest BCUT2D eigenvalue weighted by Gasteiger charge is 1.98. The molecule has 0 radical (unpaired) electrons. The van der Waals surface area contributed by atoms with Crippen LogP contribution in [-0.4, -0.2) is 16.0 Å². The van der Waals surface area contributed by atoms with E-state index in [0.717, 1.165) is 10.8 Å². The van der Waals surface area contributed by atoms with Crippen LogP contribution >= 0.6 is 0 Å². The number of nitrogens with one attached hydrogen (secondary N) is 1. The quantitative estimate of drug-likeness (QED) is 0.610. The Morgan fingerprint density at radius 1 is 1.41 bits per heavy atom. The summed E-state index contributed by atoms with van der Waals surface area (Å²) in [4.78, 5) is 9.81. The van der Waals surface area contributed by atoms with Gasteiger partial charge in [0.15, 0.2) is 5.82 Å². The Balaban J connectivity index is 0.000000249. The highest BCUT2D eigenvalue weighted by molar-refractivity contribution is 5.90. The number of hydrogen-bond donors (Lipinski definition) is 2. The van der Waals surface area contributed by atoms with Crippen molar-refractivity contribution in [1.82, 2.24) is 10.2 Å². The van der Waals surface area contributed by atoms with Crippen LogP contribution in [0, 0.1) is 0 Å². The summed E-state index contributed by atoms with van der Waals surface area (Å²) in [6.45, 7) is 3.43. The van der Waals surface area contributed by atoms with E-state index in [9.17, 15) is 4.79 Å². The van der Waals surface area contributed by atoms with Crippen molar-refractivity contribution in [3.63, 3.8) is 0 Å². The zero-order valence-corrected chi connectivity index (χ0v) is 9.97. The summed E-state index contributed by atoms with van der Waals surface area (Å²) in [7, 11) is 0. The molecule has 5 heteroatoms. The molecule has 0 amide bonds. The number of fused-ring (bicyclic) bond motifs is 1. The van der Waals surface area contributed by atoms with Gasteiger partial charge in [-0.15, -0.1) is 5.10 Å². The average molecular weight is 232 g/mol. The minimum atomic E-state index is 0.255. The predicted octanol–water partition coefficient (Wildman–Crippen LogP) is 1.90. The van der Waals surface area contributed by atoms with E-state index in [0.29, 0.717) is 12.2 Å². The lowest BCUT2D eigenvalue weighted by Gasteiger charge is -2.01. The van der Waals surface area contributed by atoms with E-state index in [1.165, 1.54) is 0 Å². The van der Waals surface area contributed by atoms with E-state index in [1.807, 2.05) is 31.2 Å². The van der Waals surface area contributed by atoms with Crippen LogP contribution in [0.3, 0.4) is 0 Å². The number of nitrogens with two attached hydrogens (primary N) is 1. The first-order chi connectivity index (χ1) is 8.19. The third-order valence-corrected chi connectivity index (χ3v) is 2.21. The summed E-state index contributed by atoms with van der Waals surface area (Å²) in [5, 5.41) is 9.64. The molecule has 0 fully saturated rings. The van der Waals surface area contributed by atoms with Crippen LogP contribution in [0.1, 0.15) is 20.3 Å². The van der Waals surface area contributed by atoms with Crippen molar-refractivity contribution in [1.29, 1.82) is 0 Å². The van der Waals surface area contributed by atoms with Gasteiger partial charge in [0, 0.05) is 17.2 Å². The minimum Gasteiger partial charge on any atom is -0.306 e. The monoisotopic (exact) mass is 232 g/mol. The largest absolute Gasteiger partial charge is 0.306 e. The molecule has 17 heavy (non-hydrogen) atoms. The van der Waals surface area contributed by atoms with Crippen molar-refractivity contribution >= 4 is 22.4 Å². The van der Waals surface area contributed by atoms with Crippen molar-refractivity contribution in [2.45, 2.75) is 20.3 Å². The van der Waals surface area contributed by atoms with Gasteiger partial charge in [-0.2, -0.15) is 5.10 Å². The van der Waals surface area contributed by atoms with Crippen molar-refractivity contribution in [2.75, 3.05) is 5.43 Å². The van der Waals surface area contributed by atoms with E-state index in [-0.39, 0.29) is 5.78 Å². The summed E-state index contributed by atoms with van der Waals surface area (Å²) < 4.78 is 0. The predicted molar refractivity (Wildman–Crippen MR) is 68.3 cm³/mol. The number of anilines is 1. The van der Waals surface area contributed by atoms with Gasteiger partial charge in [0.2, 0.25) is 0 Å². The van der Waals surface area contributed by atoms with Gasteiger partial charge in [-0.1, -0.05) is 31.2 Å². The minimum absolute atomic E-state index is 0.255. The number of rotatable bonds is 2. The summed E-state index contributed by atoms with van der Waals surface area (Å²) in [6, 6.07) is 7.79. The number of hydrazine groups is 1. The molecule has 0 saturated heterocycles. The molecule has 0 aliphatic heterocycles.